The van der Waals surface area contributed by atoms with Crippen LogP contribution in [-0.4, -0.2) is 22.1 Å². The van der Waals surface area contributed by atoms with Crippen LogP contribution in [0.4, 0.5) is 0 Å². The van der Waals surface area contributed by atoms with E-state index in [-0.39, 0.29) is 11.2 Å². The van der Waals surface area contributed by atoms with Crippen LogP contribution in [0.2, 0.25) is 0 Å². The first kappa shape index (κ1) is 12.8. The minimum Gasteiger partial charge on any atom is -0.480 e. The van der Waals surface area contributed by atoms with Crippen molar-refractivity contribution in [1.82, 2.24) is 0 Å². The topological polar surface area (TPSA) is 37.3 Å². The minimum atomic E-state index is -0.667. The molecule has 0 saturated heterocycles. The summed E-state index contributed by atoms with van der Waals surface area (Å²) in [5.41, 5.74) is 0. The van der Waals surface area contributed by atoms with Gasteiger partial charge in [-0.3, -0.25) is 4.79 Å². The van der Waals surface area contributed by atoms with Crippen LogP contribution in [0.1, 0.15) is 34.1 Å². The standard InChI is InChI=1S/C10H20O2S/c1-5-8(4)9(10(11)12)13-6-7(2)3/h7-9H,5-6H2,1-4H3,(H,11,12). The van der Waals surface area contributed by atoms with E-state index >= 15 is 0 Å². The molecule has 0 amide bonds. The molecule has 2 nitrogen and oxygen atoms in total. The van der Waals surface area contributed by atoms with E-state index in [9.17, 15) is 4.79 Å². The van der Waals surface area contributed by atoms with Crippen LogP contribution in [-0.2, 0) is 4.79 Å². The molecular weight excluding hydrogens is 184 g/mol. The fourth-order valence-corrected chi connectivity index (χ4v) is 2.24. The van der Waals surface area contributed by atoms with Crippen molar-refractivity contribution in [2.24, 2.45) is 11.8 Å². The molecule has 0 heterocycles. The Bertz CT molecular complexity index is 157. The number of hydrogen-bond acceptors (Lipinski definition) is 2. The summed E-state index contributed by atoms with van der Waals surface area (Å²) in [4.78, 5) is 10.9. The molecule has 0 bridgehead atoms. The number of rotatable bonds is 6. The van der Waals surface area contributed by atoms with E-state index in [4.69, 9.17) is 5.11 Å². The molecule has 0 rings (SSSR count). The van der Waals surface area contributed by atoms with Gasteiger partial charge in [0.05, 0.1) is 0 Å². The highest BCUT2D eigenvalue weighted by Crippen LogP contribution is 2.24. The van der Waals surface area contributed by atoms with Gasteiger partial charge in [0.25, 0.3) is 0 Å². The van der Waals surface area contributed by atoms with Crippen molar-refractivity contribution < 1.29 is 9.90 Å². The smallest absolute Gasteiger partial charge is 0.316 e. The van der Waals surface area contributed by atoms with Crippen LogP contribution >= 0.6 is 11.8 Å². The number of carboxylic acids is 1. The molecule has 0 aliphatic carbocycles. The van der Waals surface area contributed by atoms with E-state index in [1.165, 1.54) is 0 Å². The van der Waals surface area contributed by atoms with Gasteiger partial charge in [-0.25, -0.2) is 0 Å². The van der Waals surface area contributed by atoms with Crippen molar-refractivity contribution in [3.8, 4) is 0 Å². The Morgan fingerprint density at radius 2 is 1.92 bits per heavy atom. The van der Waals surface area contributed by atoms with Crippen molar-refractivity contribution >= 4 is 17.7 Å². The maximum Gasteiger partial charge on any atom is 0.316 e. The van der Waals surface area contributed by atoms with Gasteiger partial charge >= 0.3 is 5.97 Å². The Kier molecular flexibility index (Phi) is 6.21. The van der Waals surface area contributed by atoms with Crippen LogP contribution in [0.5, 0.6) is 0 Å². The second-order valence-electron chi connectivity index (χ2n) is 3.87. The normalized spacial score (nSPS) is 15.8. The number of hydrogen-bond donors (Lipinski definition) is 1. The second-order valence-corrected chi connectivity index (χ2v) is 5.05. The summed E-state index contributed by atoms with van der Waals surface area (Å²) in [5.74, 6) is 1.10. The number of carbonyl (C=O) groups is 1. The third kappa shape index (κ3) is 5.19. The van der Waals surface area contributed by atoms with Crippen LogP contribution in [0.25, 0.3) is 0 Å². The van der Waals surface area contributed by atoms with E-state index in [1.807, 2.05) is 13.8 Å². The lowest BCUT2D eigenvalue weighted by Crippen LogP contribution is -2.25. The monoisotopic (exact) mass is 204 g/mol. The van der Waals surface area contributed by atoms with E-state index < -0.39 is 5.97 Å². The van der Waals surface area contributed by atoms with Crippen molar-refractivity contribution in [3.05, 3.63) is 0 Å². The van der Waals surface area contributed by atoms with Gasteiger partial charge < -0.3 is 5.11 Å². The highest BCUT2D eigenvalue weighted by atomic mass is 32.2. The summed E-state index contributed by atoms with van der Waals surface area (Å²) in [7, 11) is 0. The molecule has 1 N–H and O–H groups in total. The predicted molar refractivity (Wildman–Crippen MR) is 58.2 cm³/mol. The Balaban J connectivity index is 4.02. The molecular formula is C10H20O2S. The van der Waals surface area contributed by atoms with Gasteiger partial charge in [0.1, 0.15) is 5.25 Å². The highest BCUT2D eigenvalue weighted by Gasteiger charge is 2.23. The zero-order valence-corrected chi connectivity index (χ0v) is 9.73. The Labute approximate surface area is 85.1 Å². The molecule has 0 saturated carbocycles. The van der Waals surface area contributed by atoms with E-state index in [0.717, 1.165) is 12.2 Å². The molecule has 0 radical (unpaired) electrons. The third-order valence-electron chi connectivity index (χ3n) is 2.01. The quantitative estimate of drug-likeness (QED) is 0.723. The van der Waals surface area contributed by atoms with Crippen molar-refractivity contribution in [2.45, 2.75) is 39.4 Å². The number of aliphatic carboxylic acids is 1. The van der Waals surface area contributed by atoms with Gasteiger partial charge in [-0.05, 0) is 17.6 Å². The average Bonchev–Trinajstić information content (AvgIpc) is 2.03. The highest BCUT2D eigenvalue weighted by molar-refractivity contribution is 8.00. The molecule has 0 spiro atoms. The van der Waals surface area contributed by atoms with E-state index in [2.05, 4.69) is 13.8 Å². The fourth-order valence-electron chi connectivity index (χ4n) is 0.989. The largest absolute Gasteiger partial charge is 0.480 e. The molecule has 2 atom stereocenters. The zero-order chi connectivity index (χ0) is 10.4. The summed E-state index contributed by atoms with van der Waals surface area (Å²) in [6.07, 6.45) is 0.933. The zero-order valence-electron chi connectivity index (χ0n) is 8.91. The van der Waals surface area contributed by atoms with E-state index in [0.29, 0.717) is 5.92 Å². The van der Waals surface area contributed by atoms with Crippen LogP contribution < -0.4 is 0 Å². The summed E-state index contributed by atoms with van der Waals surface area (Å²) in [5, 5.41) is 8.74. The summed E-state index contributed by atoms with van der Waals surface area (Å²) < 4.78 is 0. The first-order chi connectivity index (χ1) is 5.99. The first-order valence-corrected chi connectivity index (χ1v) is 5.88. The lowest BCUT2D eigenvalue weighted by Gasteiger charge is -2.18. The fraction of sp³-hybridized carbons (Fsp3) is 0.900. The van der Waals surface area contributed by atoms with Crippen molar-refractivity contribution in [1.29, 1.82) is 0 Å². The Hall–Kier alpha value is -0.180. The lowest BCUT2D eigenvalue weighted by atomic mass is 10.1. The molecule has 0 aromatic heterocycles. The van der Waals surface area contributed by atoms with Gasteiger partial charge in [-0.15, -0.1) is 11.8 Å². The summed E-state index contributed by atoms with van der Waals surface area (Å²) in [6, 6.07) is 0. The SMILES string of the molecule is CCC(C)C(SCC(C)C)C(=O)O. The first-order valence-electron chi connectivity index (χ1n) is 4.83. The van der Waals surface area contributed by atoms with Gasteiger partial charge in [0.15, 0.2) is 0 Å². The molecule has 0 aromatic rings. The molecule has 0 fully saturated rings. The van der Waals surface area contributed by atoms with Crippen molar-refractivity contribution in [3.63, 3.8) is 0 Å². The molecule has 0 aliphatic rings. The lowest BCUT2D eigenvalue weighted by molar-refractivity contribution is -0.137. The maximum absolute atomic E-state index is 10.9. The van der Waals surface area contributed by atoms with Crippen LogP contribution in [0, 0.1) is 11.8 Å². The Morgan fingerprint density at radius 1 is 1.38 bits per heavy atom. The van der Waals surface area contributed by atoms with Crippen LogP contribution in [0.15, 0.2) is 0 Å². The number of carboxylic acid groups (broad SMARTS) is 1. The van der Waals surface area contributed by atoms with E-state index in [1.54, 1.807) is 11.8 Å². The molecule has 2 unspecified atom stereocenters. The molecule has 3 heteroatoms. The Morgan fingerprint density at radius 3 is 2.23 bits per heavy atom. The molecule has 0 aliphatic heterocycles. The maximum atomic E-state index is 10.9. The minimum absolute atomic E-state index is 0.229. The summed E-state index contributed by atoms with van der Waals surface area (Å²) >= 11 is 1.57. The van der Waals surface area contributed by atoms with Crippen molar-refractivity contribution in [2.75, 3.05) is 5.75 Å². The van der Waals surface area contributed by atoms with Gasteiger partial charge in [-0.2, -0.15) is 0 Å². The predicted octanol–water partition coefficient (Wildman–Crippen LogP) is 2.87. The summed E-state index contributed by atoms with van der Waals surface area (Å²) in [6.45, 7) is 8.27. The molecule has 78 valence electrons. The van der Waals surface area contributed by atoms with Gasteiger partial charge in [0.2, 0.25) is 0 Å². The number of thioether (sulfide) groups is 1. The van der Waals surface area contributed by atoms with Gasteiger partial charge in [0, 0.05) is 0 Å². The second kappa shape index (κ2) is 6.30. The van der Waals surface area contributed by atoms with Gasteiger partial charge in [-0.1, -0.05) is 34.1 Å². The van der Waals surface area contributed by atoms with Crippen LogP contribution in [0.3, 0.4) is 0 Å². The average molecular weight is 204 g/mol. The molecule has 0 aromatic carbocycles. The third-order valence-corrected chi connectivity index (χ3v) is 3.90. The molecule has 13 heavy (non-hydrogen) atoms.